The number of nitrogens with zero attached hydrogens (tertiary/aromatic N) is 3. The van der Waals surface area contributed by atoms with E-state index in [2.05, 4.69) is 15.0 Å². The molecule has 0 saturated carbocycles. The number of sulfonamides is 2. The lowest BCUT2D eigenvalue weighted by Gasteiger charge is -2.34. The smallest absolute Gasteiger partial charge is 0.251 e. The Morgan fingerprint density at radius 2 is 1.77 bits per heavy atom. The predicted molar refractivity (Wildman–Crippen MR) is 119 cm³/mol. The first-order chi connectivity index (χ1) is 14.6. The zero-order valence-electron chi connectivity index (χ0n) is 17.1. The van der Waals surface area contributed by atoms with Crippen molar-refractivity contribution in [3.8, 4) is 0 Å². The second-order valence-corrected chi connectivity index (χ2v) is 10.9. The molecule has 1 fully saturated rings. The molecule has 0 radical (unpaired) electrons. The number of nitrogens with one attached hydrogen (secondary N) is 2. The third-order valence-electron chi connectivity index (χ3n) is 4.68. The van der Waals surface area contributed by atoms with Crippen LogP contribution in [0, 0.1) is 0 Å². The Morgan fingerprint density at radius 3 is 2.42 bits per heavy atom. The van der Waals surface area contributed by atoms with Crippen LogP contribution in [0.3, 0.4) is 0 Å². The monoisotopic (exact) mass is 467 g/mol. The van der Waals surface area contributed by atoms with Crippen molar-refractivity contribution in [2.24, 2.45) is 0 Å². The number of piperazine rings is 1. The second-order valence-electron chi connectivity index (χ2n) is 7.10. The van der Waals surface area contributed by atoms with E-state index >= 15 is 0 Å². The Bertz CT molecular complexity index is 1120. The lowest BCUT2D eigenvalue weighted by Crippen LogP contribution is -2.50. The van der Waals surface area contributed by atoms with E-state index in [0.717, 1.165) is 12.1 Å². The summed E-state index contributed by atoms with van der Waals surface area (Å²) in [7, 11) is -6.98. The molecule has 10 nitrogen and oxygen atoms in total. The molecule has 1 amide bonds. The van der Waals surface area contributed by atoms with Gasteiger partial charge in [-0.15, -0.1) is 0 Å². The molecule has 1 saturated heterocycles. The van der Waals surface area contributed by atoms with Gasteiger partial charge < -0.3 is 10.2 Å². The van der Waals surface area contributed by atoms with Gasteiger partial charge in [0.1, 0.15) is 5.82 Å². The van der Waals surface area contributed by atoms with Crippen LogP contribution in [0.15, 0.2) is 48.7 Å². The molecule has 168 valence electrons. The van der Waals surface area contributed by atoms with Crippen LogP contribution in [-0.4, -0.2) is 76.8 Å². The molecule has 0 aliphatic carbocycles. The molecule has 0 unspecified atom stereocenters. The van der Waals surface area contributed by atoms with E-state index in [0.29, 0.717) is 26.2 Å². The average Bonchev–Trinajstić information content (AvgIpc) is 2.73. The van der Waals surface area contributed by atoms with Crippen LogP contribution >= 0.6 is 0 Å². The SMILES string of the molecule is CS(=O)(=O)Nc1cccc(C(=O)NCCS(=O)(=O)N2CCN(c3ccccn3)CC2)c1. The summed E-state index contributed by atoms with van der Waals surface area (Å²) in [5, 5.41) is 2.58. The highest BCUT2D eigenvalue weighted by atomic mass is 32.2. The predicted octanol–water partition coefficient (Wildman–Crippen LogP) is 0.335. The Morgan fingerprint density at radius 1 is 1.03 bits per heavy atom. The zero-order valence-corrected chi connectivity index (χ0v) is 18.7. The minimum atomic E-state index is -3.52. The zero-order chi connectivity index (χ0) is 22.5. The van der Waals surface area contributed by atoms with Gasteiger partial charge in [-0.25, -0.2) is 21.8 Å². The molecule has 2 N–H and O–H groups in total. The average molecular weight is 468 g/mol. The van der Waals surface area contributed by atoms with Crippen molar-refractivity contribution in [1.82, 2.24) is 14.6 Å². The number of pyridine rings is 1. The van der Waals surface area contributed by atoms with Crippen LogP contribution in [0.2, 0.25) is 0 Å². The van der Waals surface area contributed by atoms with Crippen LogP contribution < -0.4 is 14.9 Å². The molecule has 3 rings (SSSR count). The maximum Gasteiger partial charge on any atom is 0.251 e. The highest BCUT2D eigenvalue weighted by Gasteiger charge is 2.27. The maximum absolute atomic E-state index is 12.6. The lowest BCUT2D eigenvalue weighted by molar-refractivity contribution is 0.0956. The fourth-order valence-electron chi connectivity index (χ4n) is 3.20. The molecular weight excluding hydrogens is 442 g/mol. The molecule has 2 aromatic rings. The van der Waals surface area contributed by atoms with Crippen LogP contribution in [0.4, 0.5) is 11.5 Å². The first-order valence-corrected chi connectivity index (χ1v) is 13.1. The highest BCUT2D eigenvalue weighted by Crippen LogP contribution is 2.15. The Hall–Kier alpha value is -2.70. The van der Waals surface area contributed by atoms with Gasteiger partial charge in [0.2, 0.25) is 20.0 Å². The number of carbonyl (C=O) groups is 1. The van der Waals surface area contributed by atoms with Crippen LogP contribution in [0.5, 0.6) is 0 Å². The van der Waals surface area contributed by atoms with Crippen molar-refractivity contribution < 1.29 is 21.6 Å². The van der Waals surface area contributed by atoms with Crippen molar-refractivity contribution in [3.63, 3.8) is 0 Å². The molecule has 12 heteroatoms. The number of rotatable bonds is 8. The van der Waals surface area contributed by atoms with E-state index in [-0.39, 0.29) is 23.5 Å². The fraction of sp³-hybridized carbons (Fsp3) is 0.368. The Kier molecular flexibility index (Phi) is 7.13. The fourth-order valence-corrected chi connectivity index (χ4v) is 5.09. The van der Waals surface area contributed by atoms with E-state index in [1.165, 1.54) is 22.5 Å². The molecule has 31 heavy (non-hydrogen) atoms. The molecular formula is C19H25N5O5S2. The summed E-state index contributed by atoms with van der Waals surface area (Å²) in [5.41, 5.74) is 0.489. The summed E-state index contributed by atoms with van der Waals surface area (Å²) in [6.45, 7) is 1.74. The summed E-state index contributed by atoms with van der Waals surface area (Å²) >= 11 is 0. The quantitative estimate of drug-likeness (QED) is 0.573. The Balaban J connectivity index is 1.50. The lowest BCUT2D eigenvalue weighted by atomic mass is 10.2. The summed E-state index contributed by atoms with van der Waals surface area (Å²) in [4.78, 5) is 18.6. The molecule has 0 atom stereocenters. The van der Waals surface area contributed by atoms with Gasteiger partial charge in [-0.3, -0.25) is 9.52 Å². The van der Waals surface area contributed by atoms with E-state index in [1.807, 2.05) is 23.1 Å². The maximum atomic E-state index is 12.6. The molecule has 1 aromatic heterocycles. The summed E-state index contributed by atoms with van der Waals surface area (Å²) in [5.74, 6) is 0.121. The Labute approximate surface area is 182 Å². The van der Waals surface area contributed by atoms with Gasteiger partial charge in [0.05, 0.1) is 12.0 Å². The number of aromatic nitrogens is 1. The minimum Gasteiger partial charge on any atom is -0.354 e. The van der Waals surface area contributed by atoms with E-state index < -0.39 is 26.0 Å². The molecule has 0 spiro atoms. The van der Waals surface area contributed by atoms with Gasteiger partial charge in [0.25, 0.3) is 5.91 Å². The van der Waals surface area contributed by atoms with Crippen molar-refractivity contribution in [2.75, 3.05) is 54.4 Å². The normalized spacial score (nSPS) is 15.5. The topological polar surface area (TPSA) is 129 Å². The number of hydrogen-bond donors (Lipinski definition) is 2. The van der Waals surface area contributed by atoms with Crippen LogP contribution in [-0.2, 0) is 20.0 Å². The van der Waals surface area contributed by atoms with Crippen LogP contribution in [0.1, 0.15) is 10.4 Å². The van der Waals surface area contributed by atoms with Gasteiger partial charge in [0.15, 0.2) is 0 Å². The van der Waals surface area contributed by atoms with Crippen molar-refractivity contribution in [1.29, 1.82) is 0 Å². The van der Waals surface area contributed by atoms with E-state index in [9.17, 15) is 21.6 Å². The van der Waals surface area contributed by atoms with Crippen molar-refractivity contribution in [3.05, 3.63) is 54.2 Å². The van der Waals surface area contributed by atoms with Crippen LogP contribution in [0.25, 0.3) is 0 Å². The molecule has 1 aliphatic heterocycles. The molecule has 1 aromatic carbocycles. The second kappa shape index (κ2) is 9.62. The third-order valence-corrected chi connectivity index (χ3v) is 7.16. The summed E-state index contributed by atoms with van der Waals surface area (Å²) < 4.78 is 51.6. The van der Waals surface area contributed by atoms with E-state index in [1.54, 1.807) is 12.3 Å². The number of amides is 1. The molecule has 0 bridgehead atoms. The largest absolute Gasteiger partial charge is 0.354 e. The number of anilines is 2. The third kappa shape index (κ3) is 6.64. The number of carbonyl (C=O) groups excluding carboxylic acids is 1. The van der Waals surface area contributed by atoms with E-state index in [4.69, 9.17) is 0 Å². The van der Waals surface area contributed by atoms with Crippen molar-refractivity contribution >= 4 is 37.5 Å². The minimum absolute atomic E-state index is 0.0502. The summed E-state index contributed by atoms with van der Waals surface area (Å²) in [6, 6.07) is 11.6. The van der Waals surface area contributed by atoms with Gasteiger partial charge in [-0.2, -0.15) is 4.31 Å². The van der Waals surface area contributed by atoms with Gasteiger partial charge in [-0.1, -0.05) is 12.1 Å². The molecule has 2 heterocycles. The van der Waals surface area contributed by atoms with Gasteiger partial charge >= 0.3 is 0 Å². The highest BCUT2D eigenvalue weighted by molar-refractivity contribution is 7.92. The number of hydrogen-bond acceptors (Lipinski definition) is 7. The summed E-state index contributed by atoms with van der Waals surface area (Å²) in [6.07, 6.45) is 2.72. The molecule has 1 aliphatic rings. The van der Waals surface area contributed by atoms with Gasteiger partial charge in [-0.05, 0) is 30.3 Å². The first kappa shape index (κ1) is 23.0. The first-order valence-electron chi connectivity index (χ1n) is 9.64. The van der Waals surface area contributed by atoms with Gasteiger partial charge in [0, 0.05) is 50.2 Å². The van der Waals surface area contributed by atoms with Crippen molar-refractivity contribution in [2.45, 2.75) is 0 Å². The number of benzene rings is 1. The standard InChI is InChI=1S/C19H25N5O5S2/c1-30(26,27)22-17-6-4-5-16(15-17)19(25)21-9-14-31(28,29)24-12-10-23(11-13-24)18-7-2-3-8-20-18/h2-8,15,22H,9-14H2,1H3,(H,21,25).